The first-order chi connectivity index (χ1) is 10.1. The monoisotopic (exact) mass is 296 g/mol. The van der Waals surface area contributed by atoms with E-state index in [-0.39, 0.29) is 10.9 Å². The molecule has 0 fully saturated rings. The molecule has 2 aromatic carbocycles. The van der Waals surface area contributed by atoms with Crippen molar-refractivity contribution in [2.45, 2.75) is 0 Å². The summed E-state index contributed by atoms with van der Waals surface area (Å²) < 4.78 is 0. The highest BCUT2D eigenvalue weighted by Crippen LogP contribution is 2.25. The zero-order chi connectivity index (χ0) is 15.2. The van der Waals surface area contributed by atoms with Gasteiger partial charge in [0.2, 0.25) is 0 Å². The second kappa shape index (κ2) is 6.50. The lowest BCUT2D eigenvalue weighted by molar-refractivity contribution is 0.474. The summed E-state index contributed by atoms with van der Waals surface area (Å²) in [5.74, 6) is 0.0867. The van der Waals surface area contributed by atoms with Crippen LogP contribution in [0.2, 0.25) is 0 Å². The van der Waals surface area contributed by atoms with E-state index in [2.05, 4.69) is 28.8 Å². The molecule has 0 bridgehead atoms. The molecular formula is C15H12N4OS. The van der Waals surface area contributed by atoms with Gasteiger partial charge in [0, 0.05) is 5.56 Å². The normalized spacial score (nSPS) is 10.2. The number of nitrogens with one attached hydrogen (secondary N) is 1. The molecule has 2 aromatic rings. The van der Waals surface area contributed by atoms with Crippen LogP contribution in [0, 0.1) is 11.3 Å². The minimum absolute atomic E-state index is 0.0450. The summed E-state index contributed by atoms with van der Waals surface area (Å²) in [5, 5.41) is 22.6. The average Bonchev–Trinajstić information content (AvgIpc) is 2.49. The molecule has 0 heterocycles. The maximum Gasteiger partial charge on any atom is 0.184 e. The Morgan fingerprint density at radius 3 is 2.76 bits per heavy atom. The van der Waals surface area contributed by atoms with Crippen molar-refractivity contribution in [3.05, 3.63) is 53.6 Å². The van der Waals surface area contributed by atoms with Crippen LogP contribution in [0.25, 0.3) is 11.1 Å². The second-order valence-corrected chi connectivity index (χ2v) is 4.64. The van der Waals surface area contributed by atoms with Gasteiger partial charge in [-0.25, -0.2) is 0 Å². The number of nitriles is 1. The molecule has 4 N–H and O–H groups in total. The van der Waals surface area contributed by atoms with Crippen molar-refractivity contribution >= 4 is 23.5 Å². The molecule has 0 aromatic heterocycles. The third-order valence-electron chi connectivity index (χ3n) is 2.73. The van der Waals surface area contributed by atoms with Crippen molar-refractivity contribution in [3.63, 3.8) is 0 Å². The van der Waals surface area contributed by atoms with Crippen molar-refractivity contribution in [1.29, 1.82) is 5.26 Å². The molecule has 0 aliphatic heterocycles. The number of thiocarbonyl (C=S) groups is 1. The molecule has 0 saturated heterocycles. The van der Waals surface area contributed by atoms with Gasteiger partial charge in [0.15, 0.2) is 5.11 Å². The Bertz CT molecular complexity index is 750. The van der Waals surface area contributed by atoms with E-state index in [0.717, 1.165) is 11.1 Å². The van der Waals surface area contributed by atoms with Gasteiger partial charge in [-0.05, 0) is 47.6 Å². The number of benzene rings is 2. The van der Waals surface area contributed by atoms with Crippen LogP contribution in [0.3, 0.4) is 0 Å². The summed E-state index contributed by atoms with van der Waals surface area (Å²) in [6.07, 6.45) is 1.42. The Kier molecular flexibility index (Phi) is 4.49. The van der Waals surface area contributed by atoms with Gasteiger partial charge >= 0.3 is 0 Å². The number of hydrogen-bond acceptors (Lipinski definition) is 4. The number of phenolic OH excluding ortho intramolecular Hbond substituents is 1. The van der Waals surface area contributed by atoms with Crippen molar-refractivity contribution < 1.29 is 5.11 Å². The molecule has 2 rings (SSSR count). The standard InChI is InChI=1S/C15H12N4OS/c16-8-10-2-1-3-11(6-10)12-4-5-14(20)13(7-12)9-18-19-15(17)21/h1-7,9,20H,(H3,17,19,21). The molecule has 0 saturated carbocycles. The fraction of sp³-hybridized carbons (Fsp3) is 0. The van der Waals surface area contributed by atoms with Crippen molar-refractivity contribution in [3.8, 4) is 22.9 Å². The molecule has 0 spiro atoms. The van der Waals surface area contributed by atoms with E-state index < -0.39 is 0 Å². The predicted octanol–water partition coefficient (Wildman–Crippen LogP) is 2.10. The van der Waals surface area contributed by atoms with Crippen LogP contribution in [0.5, 0.6) is 5.75 Å². The number of rotatable bonds is 3. The molecule has 0 aliphatic carbocycles. The summed E-state index contributed by atoms with van der Waals surface area (Å²) in [4.78, 5) is 0. The molecule has 0 aliphatic rings. The van der Waals surface area contributed by atoms with Gasteiger partial charge in [0.1, 0.15) is 5.75 Å². The minimum Gasteiger partial charge on any atom is -0.507 e. The number of hydrogen-bond donors (Lipinski definition) is 3. The van der Waals surface area contributed by atoms with E-state index in [1.807, 2.05) is 12.1 Å². The average molecular weight is 296 g/mol. The second-order valence-electron chi connectivity index (χ2n) is 4.20. The lowest BCUT2D eigenvalue weighted by Crippen LogP contribution is -2.23. The smallest absolute Gasteiger partial charge is 0.184 e. The van der Waals surface area contributed by atoms with Gasteiger partial charge in [-0.1, -0.05) is 18.2 Å². The first-order valence-corrected chi connectivity index (χ1v) is 6.43. The van der Waals surface area contributed by atoms with Crippen LogP contribution in [-0.2, 0) is 0 Å². The van der Waals surface area contributed by atoms with Crippen LogP contribution in [-0.4, -0.2) is 16.4 Å². The van der Waals surface area contributed by atoms with E-state index in [1.54, 1.807) is 30.3 Å². The fourth-order valence-corrected chi connectivity index (χ4v) is 1.82. The zero-order valence-corrected chi connectivity index (χ0v) is 11.8. The molecule has 0 atom stereocenters. The molecule has 6 heteroatoms. The maximum absolute atomic E-state index is 9.81. The Labute approximate surface area is 127 Å². The Balaban J connectivity index is 2.36. The van der Waals surface area contributed by atoms with Crippen LogP contribution < -0.4 is 11.2 Å². The van der Waals surface area contributed by atoms with Crippen molar-refractivity contribution in [1.82, 2.24) is 5.43 Å². The Hall–Kier alpha value is -2.91. The topological polar surface area (TPSA) is 94.4 Å². The number of phenols is 1. The molecular weight excluding hydrogens is 284 g/mol. The number of nitrogens with two attached hydrogens (primary N) is 1. The zero-order valence-electron chi connectivity index (χ0n) is 10.9. The lowest BCUT2D eigenvalue weighted by Gasteiger charge is -2.05. The van der Waals surface area contributed by atoms with E-state index in [9.17, 15) is 5.11 Å². The predicted molar refractivity (Wildman–Crippen MR) is 85.8 cm³/mol. The van der Waals surface area contributed by atoms with Gasteiger partial charge in [-0.15, -0.1) is 0 Å². The van der Waals surface area contributed by atoms with Gasteiger partial charge in [0.25, 0.3) is 0 Å². The number of hydrazone groups is 1. The summed E-state index contributed by atoms with van der Waals surface area (Å²) in [6, 6.07) is 14.4. The third kappa shape index (κ3) is 3.78. The molecule has 0 radical (unpaired) electrons. The molecule has 21 heavy (non-hydrogen) atoms. The number of nitrogens with zero attached hydrogens (tertiary/aromatic N) is 2. The van der Waals surface area contributed by atoms with Crippen molar-refractivity contribution in [2.75, 3.05) is 0 Å². The Morgan fingerprint density at radius 1 is 1.29 bits per heavy atom. The SMILES string of the molecule is N#Cc1cccc(-c2ccc(O)c(C=NNC(N)=S)c2)c1. The van der Waals surface area contributed by atoms with Gasteiger partial charge < -0.3 is 10.8 Å². The van der Waals surface area contributed by atoms with Crippen LogP contribution in [0.15, 0.2) is 47.6 Å². The molecule has 0 unspecified atom stereocenters. The van der Waals surface area contributed by atoms with E-state index >= 15 is 0 Å². The van der Waals surface area contributed by atoms with Crippen LogP contribution in [0.4, 0.5) is 0 Å². The fourth-order valence-electron chi connectivity index (χ4n) is 1.77. The maximum atomic E-state index is 9.81. The largest absolute Gasteiger partial charge is 0.507 e. The van der Waals surface area contributed by atoms with Gasteiger partial charge in [-0.3, -0.25) is 5.43 Å². The Morgan fingerprint density at radius 2 is 2.05 bits per heavy atom. The lowest BCUT2D eigenvalue weighted by atomic mass is 10.0. The van der Waals surface area contributed by atoms with Gasteiger partial charge in [0.05, 0.1) is 17.8 Å². The first kappa shape index (κ1) is 14.5. The highest BCUT2D eigenvalue weighted by atomic mass is 32.1. The molecule has 104 valence electrons. The van der Waals surface area contributed by atoms with Crippen LogP contribution >= 0.6 is 12.2 Å². The summed E-state index contributed by atoms with van der Waals surface area (Å²) in [6.45, 7) is 0. The highest BCUT2D eigenvalue weighted by Gasteiger charge is 2.04. The van der Waals surface area contributed by atoms with Crippen LogP contribution in [0.1, 0.15) is 11.1 Å². The van der Waals surface area contributed by atoms with Gasteiger partial charge in [-0.2, -0.15) is 10.4 Å². The third-order valence-corrected chi connectivity index (χ3v) is 2.82. The highest BCUT2D eigenvalue weighted by molar-refractivity contribution is 7.80. The van der Waals surface area contributed by atoms with E-state index in [4.69, 9.17) is 11.0 Å². The summed E-state index contributed by atoms with van der Waals surface area (Å²) >= 11 is 4.63. The molecule has 5 nitrogen and oxygen atoms in total. The summed E-state index contributed by atoms with van der Waals surface area (Å²) in [5.41, 5.74) is 10.5. The van der Waals surface area contributed by atoms with E-state index in [0.29, 0.717) is 11.1 Å². The van der Waals surface area contributed by atoms with E-state index in [1.165, 1.54) is 6.21 Å². The number of aromatic hydroxyl groups is 1. The summed E-state index contributed by atoms with van der Waals surface area (Å²) in [7, 11) is 0. The quantitative estimate of drug-likeness (QED) is 0.458. The molecule has 0 amide bonds. The van der Waals surface area contributed by atoms with Crippen molar-refractivity contribution in [2.24, 2.45) is 10.8 Å². The minimum atomic E-state index is 0.0450. The first-order valence-electron chi connectivity index (χ1n) is 6.02.